The molecule has 0 aliphatic carbocycles. The Bertz CT molecular complexity index is 307. The molecule has 0 amide bonds. The number of rotatable bonds is 5. The molecule has 3 nitrogen and oxygen atoms in total. The van der Waals surface area contributed by atoms with E-state index in [4.69, 9.17) is 5.73 Å². The van der Waals surface area contributed by atoms with Gasteiger partial charge in [0.05, 0.1) is 6.10 Å². The monoisotopic (exact) mass is 254 g/mol. The van der Waals surface area contributed by atoms with Crippen LogP contribution >= 0.6 is 11.3 Å². The maximum atomic E-state index is 9.95. The summed E-state index contributed by atoms with van der Waals surface area (Å²) in [4.78, 5) is 3.55. The summed E-state index contributed by atoms with van der Waals surface area (Å²) in [6.45, 7) is 3.34. The number of likely N-dealkylation sites (tertiary alicyclic amines) is 1. The van der Waals surface area contributed by atoms with Crippen LogP contribution < -0.4 is 5.73 Å². The van der Waals surface area contributed by atoms with E-state index in [-0.39, 0.29) is 6.10 Å². The van der Waals surface area contributed by atoms with Gasteiger partial charge in [-0.2, -0.15) is 0 Å². The Morgan fingerprint density at radius 3 is 2.88 bits per heavy atom. The fourth-order valence-electron chi connectivity index (χ4n) is 2.31. The molecule has 0 saturated carbocycles. The van der Waals surface area contributed by atoms with Crippen LogP contribution in [0.5, 0.6) is 0 Å². The second-order valence-electron chi connectivity index (χ2n) is 4.85. The molecule has 0 aromatic carbocycles. The molecule has 0 radical (unpaired) electrons. The average Bonchev–Trinajstić information content (AvgIpc) is 2.85. The minimum absolute atomic E-state index is 0.276. The lowest BCUT2D eigenvalue weighted by Crippen LogP contribution is -2.40. The summed E-state index contributed by atoms with van der Waals surface area (Å²) in [6.07, 6.45) is 3.89. The molecule has 1 aromatic heterocycles. The molecule has 1 fully saturated rings. The molecule has 0 spiro atoms. The Morgan fingerprint density at radius 2 is 2.24 bits per heavy atom. The molecule has 2 heterocycles. The molecule has 1 saturated heterocycles. The van der Waals surface area contributed by atoms with Crippen molar-refractivity contribution < 1.29 is 5.11 Å². The third-order valence-corrected chi connectivity index (χ3v) is 4.43. The SMILES string of the molecule is NC1CCN(CCCC(O)c2cccs2)CC1. The maximum absolute atomic E-state index is 9.95. The Hall–Kier alpha value is -0.420. The molecule has 96 valence electrons. The second kappa shape index (κ2) is 6.50. The molecule has 3 N–H and O–H groups in total. The fraction of sp³-hybridized carbons (Fsp3) is 0.692. The van der Waals surface area contributed by atoms with Gasteiger partial charge in [0.15, 0.2) is 0 Å². The van der Waals surface area contributed by atoms with E-state index in [2.05, 4.69) is 4.90 Å². The Labute approximate surface area is 107 Å². The first-order valence-corrected chi connectivity index (χ1v) is 7.33. The average molecular weight is 254 g/mol. The number of hydrogen-bond acceptors (Lipinski definition) is 4. The van der Waals surface area contributed by atoms with Gasteiger partial charge >= 0.3 is 0 Å². The van der Waals surface area contributed by atoms with Crippen LogP contribution in [0.3, 0.4) is 0 Å². The summed E-state index contributed by atoms with van der Waals surface area (Å²) in [7, 11) is 0. The van der Waals surface area contributed by atoms with E-state index in [1.807, 2.05) is 17.5 Å². The highest BCUT2D eigenvalue weighted by Crippen LogP contribution is 2.23. The van der Waals surface area contributed by atoms with E-state index in [1.165, 1.54) is 0 Å². The van der Waals surface area contributed by atoms with Gasteiger partial charge in [-0.05, 0) is 56.8 Å². The third kappa shape index (κ3) is 4.07. The Morgan fingerprint density at radius 1 is 1.47 bits per heavy atom. The van der Waals surface area contributed by atoms with E-state index in [1.54, 1.807) is 11.3 Å². The van der Waals surface area contributed by atoms with Gasteiger partial charge in [-0.15, -0.1) is 11.3 Å². The molecule has 17 heavy (non-hydrogen) atoms. The van der Waals surface area contributed by atoms with Crippen LogP contribution in [0.15, 0.2) is 17.5 Å². The van der Waals surface area contributed by atoms with E-state index in [9.17, 15) is 5.11 Å². The molecular formula is C13H22N2OS. The van der Waals surface area contributed by atoms with Crippen molar-refractivity contribution in [1.29, 1.82) is 0 Å². The van der Waals surface area contributed by atoms with Gasteiger partial charge in [-0.1, -0.05) is 6.07 Å². The predicted molar refractivity (Wildman–Crippen MR) is 72.2 cm³/mol. The molecular weight excluding hydrogens is 232 g/mol. The summed E-state index contributed by atoms with van der Waals surface area (Å²) >= 11 is 1.64. The maximum Gasteiger partial charge on any atom is 0.0882 e. The fourth-order valence-corrected chi connectivity index (χ4v) is 3.05. The van der Waals surface area contributed by atoms with Gasteiger partial charge < -0.3 is 15.7 Å². The first kappa shape index (κ1) is 13.0. The molecule has 2 rings (SSSR count). The van der Waals surface area contributed by atoms with Gasteiger partial charge in [0.2, 0.25) is 0 Å². The van der Waals surface area contributed by atoms with Crippen LogP contribution in [0.1, 0.15) is 36.7 Å². The number of nitrogens with two attached hydrogens (primary N) is 1. The summed E-state index contributed by atoms with van der Waals surface area (Å²) in [5.41, 5.74) is 5.87. The van der Waals surface area contributed by atoms with E-state index < -0.39 is 0 Å². The van der Waals surface area contributed by atoms with Crippen molar-refractivity contribution in [2.75, 3.05) is 19.6 Å². The largest absolute Gasteiger partial charge is 0.388 e. The molecule has 1 unspecified atom stereocenters. The number of hydrogen-bond donors (Lipinski definition) is 2. The molecule has 0 bridgehead atoms. The molecule has 1 aromatic rings. The van der Waals surface area contributed by atoms with Crippen LogP contribution in [-0.2, 0) is 0 Å². The summed E-state index contributed by atoms with van der Waals surface area (Å²) in [6, 6.07) is 4.41. The van der Waals surface area contributed by atoms with Gasteiger partial charge in [-0.25, -0.2) is 0 Å². The van der Waals surface area contributed by atoms with Gasteiger partial charge in [0.25, 0.3) is 0 Å². The Kier molecular flexibility index (Phi) is 4.98. The van der Waals surface area contributed by atoms with Crippen LogP contribution in [-0.4, -0.2) is 35.7 Å². The van der Waals surface area contributed by atoms with E-state index in [0.29, 0.717) is 6.04 Å². The molecule has 1 aliphatic heterocycles. The second-order valence-corrected chi connectivity index (χ2v) is 5.83. The number of thiophene rings is 1. The number of nitrogens with zero attached hydrogens (tertiary/aromatic N) is 1. The first-order valence-electron chi connectivity index (χ1n) is 6.45. The molecule has 4 heteroatoms. The minimum Gasteiger partial charge on any atom is -0.388 e. The lowest BCUT2D eigenvalue weighted by molar-refractivity contribution is 0.151. The molecule has 1 atom stereocenters. The highest BCUT2D eigenvalue weighted by Gasteiger charge is 2.16. The third-order valence-electron chi connectivity index (χ3n) is 3.46. The van der Waals surface area contributed by atoms with Crippen molar-refractivity contribution in [3.63, 3.8) is 0 Å². The minimum atomic E-state index is -0.276. The van der Waals surface area contributed by atoms with Crippen molar-refractivity contribution in [2.24, 2.45) is 5.73 Å². The van der Waals surface area contributed by atoms with E-state index in [0.717, 1.165) is 50.2 Å². The zero-order valence-corrected chi connectivity index (χ0v) is 11.0. The first-order chi connectivity index (χ1) is 8.25. The van der Waals surface area contributed by atoms with Crippen molar-refractivity contribution in [3.05, 3.63) is 22.4 Å². The lowest BCUT2D eigenvalue weighted by atomic mass is 10.1. The Balaban J connectivity index is 1.63. The standard InChI is InChI=1S/C13H22N2OS/c14-11-5-8-15(9-6-11)7-1-3-12(16)13-4-2-10-17-13/h2,4,10-12,16H,1,3,5-9,14H2. The van der Waals surface area contributed by atoms with Crippen LogP contribution in [0.4, 0.5) is 0 Å². The topological polar surface area (TPSA) is 49.5 Å². The number of piperidine rings is 1. The predicted octanol–water partition coefficient (Wildman–Crippen LogP) is 1.98. The number of aliphatic hydroxyl groups excluding tert-OH is 1. The van der Waals surface area contributed by atoms with E-state index >= 15 is 0 Å². The highest BCUT2D eigenvalue weighted by molar-refractivity contribution is 7.10. The zero-order valence-electron chi connectivity index (χ0n) is 10.2. The lowest BCUT2D eigenvalue weighted by Gasteiger charge is -2.30. The van der Waals surface area contributed by atoms with Crippen LogP contribution in [0.2, 0.25) is 0 Å². The van der Waals surface area contributed by atoms with Gasteiger partial charge in [0, 0.05) is 10.9 Å². The number of aliphatic hydroxyl groups is 1. The van der Waals surface area contributed by atoms with Gasteiger partial charge in [0.1, 0.15) is 0 Å². The van der Waals surface area contributed by atoms with Crippen molar-refractivity contribution >= 4 is 11.3 Å². The zero-order chi connectivity index (χ0) is 12.1. The smallest absolute Gasteiger partial charge is 0.0882 e. The van der Waals surface area contributed by atoms with Gasteiger partial charge in [-0.3, -0.25) is 0 Å². The normalized spacial score (nSPS) is 20.6. The van der Waals surface area contributed by atoms with Crippen molar-refractivity contribution in [3.8, 4) is 0 Å². The summed E-state index contributed by atoms with van der Waals surface area (Å²) in [5, 5.41) is 12.0. The summed E-state index contributed by atoms with van der Waals surface area (Å²) in [5.74, 6) is 0. The highest BCUT2D eigenvalue weighted by atomic mass is 32.1. The quantitative estimate of drug-likeness (QED) is 0.845. The van der Waals surface area contributed by atoms with Crippen LogP contribution in [0.25, 0.3) is 0 Å². The van der Waals surface area contributed by atoms with Crippen LogP contribution in [0, 0.1) is 0 Å². The van der Waals surface area contributed by atoms with Crippen molar-refractivity contribution in [1.82, 2.24) is 4.90 Å². The molecule has 1 aliphatic rings. The summed E-state index contributed by atoms with van der Waals surface area (Å²) < 4.78 is 0. The van der Waals surface area contributed by atoms with Crippen molar-refractivity contribution in [2.45, 2.75) is 37.8 Å².